The highest BCUT2D eigenvalue weighted by molar-refractivity contribution is 9.09. The van der Waals surface area contributed by atoms with Gasteiger partial charge in [-0.05, 0) is 0 Å². The molecule has 1 atom stereocenters. The Morgan fingerprint density at radius 3 is 3.00 bits per heavy atom. The SMILES string of the molecule is BrCC1CSCCN1. The molecule has 0 aromatic carbocycles. The summed E-state index contributed by atoms with van der Waals surface area (Å²) in [7, 11) is 0. The van der Waals surface area contributed by atoms with Crippen LogP contribution in [-0.2, 0) is 0 Å². The second kappa shape index (κ2) is 3.75. The fourth-order valence-electron chi connectivity index (χ4n) is 0.719. The van der Waals surface area contributed by atoms with Crippen LogP contribution in [0, 0.1) is 0 Å². The summed E-state index contributed by atoms with van der Waals surface area (Å²) >= 11 is 5.47. The van der Waals surface area contributed by atoms with Crippen molar-refractivity contribution in [3.63, 3.8) is 0 Å². The average Bonchev–Trinajstić information content (AvgIpc) is 1.90. The van der Waals surface area contributed by atoms with E-state index >= 15 is 0 Å². The van der Waals surface area contributed by atoms with Gasteiger partial charge in [-0.15, -0.1) is 0 Å². The predicted molar refractivity (Wildman–Crippen MR) is 42.9 cm³/mol. The number of hydrogen-bond donors (Lipinski definition) is 1. The normalized spacial score (nSPS) is 30.4. The van der Waals surface area contributed by atoms with E-state index in [-0.39, 0.29) is 0 Å². The van der Waals surface area contributed by atoms with Gasteiger partial charge in [-0.25, -0.2) is 0 Å². The molecule has 0 aliphatic carbocycles. The lowest BCUT2D eigenvalue weighted by Gasteiger charge is -2.20. The van der Waals surface area contributed by atoms with Crippen molar-refractivity contribution in [3.8, 4) is 0 Å². The van der Waals surface area contributed by atoms with Crippen molar-refractivity contribution in [1.82, 2.24) is 5.32 Å². The number of halogens is 1. The maximum atomic E-state index is 3.44. The molecule has 0 amide bonds. The highest BCUT2D eigenvalue weighted by atomic mass is 79.9. The van der Waals surface area contributed by atoms with E-state index in [4.69, 9.17) is 0 Å². The summed E-state index contributed by atoms with van der Waals surface area (Å²) in [6, 6.07) is 0.716. The zero-order chi connectivity index (χ0) is 5.82. The molecule has 1 heterocycles. The largest absolute Gasteiger partial charge is 0.312 e. The quantitative estimate of drug-likeness (QED) is 0.630. The van der Waals surface area contributed by atoms with Gasteiger partial charge in [-0.3, -0.25) is 0 Å². The molecule has 1 unspecified atom stereocenters. The van der Waals surface area contributed by atoms with Crippen molar-refractivity contribution in [1.29, 1.82) is 0 Å². The standard InChI is InChI=1S/C5H10BrNS/c6-3-5-4-8-2-1-7-5/h5,7H,1-4H2. The molecule has 0 saturated carbocycles. The van der Waals surface area contributed by atoms with E-state index in [1.807, 2.05) is 11.8 Å². The summed E-state index contributed by atoms with van der Waals surface area (Å²) in [5.41, 5.74) is 0. The molecule has 1 N–H and O–H groups in total. The third-order valence-electron chi connectivity index (χ3n) is 1.18. The van der Waals surface area contributed by atoms with E-state index in [2.05, 4.69) is 21.2 Å². The number of rotatable bonds is 1. The molecular formula is C5H10BrNS. The molecule has 1 aliphatic heterocycles. The van der Waals surface area contributed by atoms with Crippen molar-refractivity contribution in [2.45, 2.75) is 6.04 Å². The van der Waals surface area contributed by atoms with E-state index in [1.54, 1.807) is 0 Å². The molecule has 0 aromatic rings. The van der Waals surface area contributed by atoms with Gasteiger partial charge in [0.15, 0.2) is 0 Å². The van der Waals surface area contributed by atoms with E-state index in [0.29, 0.717) is 6.04 Å². The van der Waals surface area contributed by atoms with Gasteiger partial charge in [0.2, 0.25) is 0 Å². The Morgan fingerprint density at radius 1 is 1.75 bits per heavy atom. The monoisotopic (exact) mass is 195 g/mol. The molecule has 3 heteroatoms. The summed E-state index contributed by atoms with van der Waals surface area (Å²) in [5.74, 6) is 2.55. The van der Waals surface area contributed by atoms with Crippen molar-refractivity contribution >= 4 is 27.7 Å². The number of hydrogen-bond acceptors (Lipinski definition) is 2. The Hall–Kier alpha value is 0.790. The topological polar surface area (TPSA) is 12.0 Å². The molecular weight excluding hydrogens is 186 g/mol. The molecule has 1 saturated heterocycles. The van der Waals surface area contributed by atoms with Gasteiger partial charge in [0, 0.05) is 29.4 Å². The lowest BCUT2D eigenvalue weighted by molar-refractivity contribution is 0.619. The van der Waals surface area contributed by atoms with Crippen LogP contribution in [0.4, 0.5) is 0 Å². The van der Waals surface area contributed by atoms with Crippen LogP contribution in [-0.4, -0.2) is 29.4 Å². The first-order valence-corrected chi connectivity index (χ1v) is 5.08. The number of thioether (sulfide) groups is 1. The molecule has 1 nitrogen and oxygen atoms in total. The Morgan fingerprint density at radius 2 is 2.62 bits per heavy atom. The van der Waals surface area contributed by atoms with Gasteiger partial charge in [-0.2, -0.15) is 11.8 Å². The van der Waals surface area contributed by atoms with Crippen molar-refractivity contribution in [2.75, 3.05) is 23.4 Å². The summed E-state index contributed by atoms with van der Waals surface area (Å²) in [6.07, 6.45) is 0. The van der Waals surface area contributed by atoms with Crippen molar-refractivity contribution in [2.24, 2.45) is 0 Å². The first-order valence-electron chi connectivity index (χ1n) is 2.80. The molecule has 48 valence electrons. The van der Waals surface area contributed by atoms with E-state index in [0.717, 1.165) is 5.33 Å². The molecule has 0 radical (unpaired) electrons. The van der Waals surface area contributed by atoms with Crippen LogP contribution < -0.4 is 5.32 Å². The average molecular weight is 196 g/mol. The van der Waals surface area contributed by atoms with Gasteiger partial charge < -0.3 is 5.32 Å². The molecule has 8 heavy (non-hydrogen) atoms. The zero-order valence-electron chi connectivity index (χ0n) is 4.69. The van der Waals surface area contributed by atoms with Gasteiger partial charge in [0.25, 0.3) is 0 Å². The van der Waals surface area contributed by atoms with Gasteiger partial charge in [0.1, 0.15) is 0 Å². The van der Waals surface area contributed by atoms with Crippen LogP contribution in [0.1, 0.15) is 0 Å². The molecule has 1 aliphatic rings. The highest BCUT2D eigenvalue weighted by Crippen LogP contribution is 2.08. The lowest BCUT2D eigenvalue weighted by atomic mass is 10.4. The second-order valence-electron chi connectivity index (χ2n) is 1.88. The predicted octanol–water partition coefficient (Wildman–Crippen LogP) is 1.09. The minimum absolute atomic E-state index is 0.716. The zero-order valence-corrected chi connectivity index (χ0v) is 7.09. The molecule has 0 aromatic heterocycles. The van der Waals surface area contributed by atoms with Crippen molar-refractivity contribution in [3.05, 3.63) is 0 Å². The maximum absolute atomic E-state index is 3.44. The van der Waals surface area contributed by atoms with Gasteiger partial charge in [-0.1, -0.05) is 15.9 Å². The fourth-order valence-corrected chi connectivity index (χ4v) is 2.43. The van der Waals surface area contributed by atoms with Crippen LogP contribution in [0.15, 0.2) is 0 Å². The third kappa shape index (κ3) is 1.96. The first-order chi connectivity index (χ1) is 3.93. The second-order valence-corrected chi connectivity index (χ2v) is 3.68. The summed E-state index contributed by atoms with van der Waals surface area (Å²) < 4.78 is 0. The summed E-state index contributed by atoms with van der Waals surface area (Å²) in [5, 5.41) is 4.50. The summed E-state index contributed by atoms with van der Waals surface area (Å²) in [6.45, 7) is 1.18. The van der Waals surface area contributed by atoms with Gasteiger partial charge >= 0.3 is 0 Å². The van der Waals surface area contributed by atoms with E-state index in [9.17, 15) is 0 Å². The molecule has 1 rings (SSSR count). The van der Waals surface area contributed by atoms with Crippen LogP contribution in [0.2, 0.25) is 0 Å². The Kier molecular flexibility index (Phi) is 3.23. The first kappa shape index (κ1) is 6.90. The molecule has 0 spiro atoms. The minimum Gasteiger partial charge on any atom is -0.312 e. The fraction of sp³-hybridized carbons (Fsp3) is 1.00. The van der Waals surface area contributed by atoms with E-state index < -0.39 is 0 Å². The number of alkyl halides is 1. The van der Waals surface area contributed by atoms with Gasteiger partial charge in [0.05, 0.1) is 0 Å². The molecule has 0 bridgehead atoms. The summed E-state index contributed by atoms with van der Waals surface area (Å²) in [4.78, 5) is 0. The lowest BCUT2D eigenvalue weighted by Crippen LogP contribution is -2.38. The van der Waals surface area contributed by atoms with Crippen LogP contribution in [0.3, 0.4) is 0 Å². The Balaban J connectivity index is 2.13. The number of nitrogens with one attached hydrogen (secondary N) is 1. The smallest absolute Gasteiger partial charge is 0.0255 e. The third-order valence-corrected chi connectivity index (χ3v) is 3.10. The Bertz CT molecular complexity index is 63.4. The van der Waals surface area contributed by atoms with Crippen LogP contribution in [0.5, 0.6) is 0 Å². The van der Waals surface area contributed by atoms with Crippen LogP contribution >= 0.6 is 27.7 Å². The minimum atomic E-state index is 0.716. The Labute approximate surface area is 62.7 Å². The van der Waals surface area contributed by atoms with Crippen molar-refractivity contribution < 1.29 is 0 Å². The maximum Gasteiger partial charge on any atom is 0.0255 e. The van der Waals surface area contributed by atoms with E-state index in [1.165, 1.54) is 18.1 Å². The van der Waals surface area contributed by atoms with Crippen LogP contribution in [0.25, 0.3) is 0 Å². The highest BCUT2D eigenvalue weighted by Gasteiger charge is 2.09. The molecule has 1 fully saturated rings.